The van der Waals surface area contributed by atoms with Gasteiger partial charge in [-0.1, -0.05) is 18.5 Å². The Morgan fingerprint density at radius 1 is 1.44 bits per heavy atom. The summed E-state index contributed by atoms with van der Waals surface area (Å²) in [6, 6.07) is 2.93. The molecule has 3 rings (SSSR count). The fourth-order valence-corrected chi connectivity index (χ4v) is 3.55. The van der Waals surface area contributed by atoms with E-state index in [4.69, 9.17) is 11.6 Å². The summed E-state index contributed by atoms with van der Waals surface area (Å²) in [5, 5.41) is 0.408. The van der Waals surface area contributed by atoms with Crippen LogP contribution in [0.3, 0.4) is 0 Å². The Hall–Kier alpha value is -2.15. The normalized spacial score (nSPS) is 20.6. The second kappa shape index (κ2) is 7.00. The lowest BCUT2D eigenvalue weighted by atomic mass is 9.85. The number of halogens is 2. The van der Waals surface area contributed by atoms with E-state index in [0.717, 1.165) is 18.3 Å². The predicted molar refractivity (Wildman–Crippen MR) is 94.0 cm³/mol. The lowest BCUT2D eigenvalue weighted by molar-refractivity contribution is 0.137. The van der Waals surface area contributed by atoms with Crippen LogP contribution in [0.2, 0.25) is 5.15 Å². The minimum absolute atomic E-state index is 0.0252. The van der Waals surface area contributed by atoms with Gasteiger partial charge in [0.15, 0.2) is 11.0 Å². The molecule has 2 aromatic rings. The van der Waals surface area contributed by atoms with Crippen LogP contribution in [-0.2, 0) is 0 Å². The quantitative estimate of drug-likeness (QED) is 0.887. The van der Waals surface area contributed by atoms with Crippen molar-refractivity contribution in [1.29, 1.82) is 0 Å². The van der Waals surface area contributed by atoms with Gasteiger partial charge in [0.25, 0.3) is 0 Å². The number of rotatable bonds is 2. The van der Waals surface area contributed by atoms with Crippen molar-refractivity contribution >= 4 is 17.6 Å². The standard InChI is InChI=1S/C17H21ClFN5O/c1-10-9-24(17(25)23(2)3)7-6-12(10)14-15(18)22-16(21-14)13-5-4-11(19)8-20-13/h4-5,8,10,12H,6-7,9H2,1-3H3,(H,21,22)/t10-,12+/m0/s1. The van der Waals surface area contributed by atoms with E-state index in [1.54, 1.807) is 25.1 Å². The number of nitrogens with one attached hydrogen (secondary N) is 1. The molecule has 1 aliphatic heterocycles. The summed E-state index contributed by atoms with van der Waals surface area (Å²) >= 11 is 6.34. The number of nitrogens with zero attached hydrogens (tertiary/aromatic N) is 4. The smallest absolute Gasteiger partial charge is 0.319 e. The van der Waals surface area contributed by atoms with Crippen molar-refractivity contribution in [3.63, 3.8) is 0 Å². The fraction of sp³-hybridized carbons (Fsp3) is 0.471. The van der Waals surface area contributed by atoms with Crippen molar-refractivity contribution in [2.75, 3.05) is 27.2 Å². The van der Waals surface area contributed by atoms with E-state index in [1.807, 2.05) is 4.90 Å². The zero-order valence-corrected chi connectivity index (χ0v) is 15.2. The Morgan fingerprint density at radius 2 is 2.20 bits per heavy atom. The Morgan fingerprint density at radius 3 is 2.80 bits per heavy atom. The predicted octanol–water partition coefficient (Wildman–Crippen LogP) is 3.37. The maximum absolute atomic E-state index is 13.0. The number of H-pyrrole nitrogens is 1. The van der Waals surface area contributed by atoms with E-state index < -0.39 is 5.82 Å². The van der Waals surface area contributed by atoms with Gasteiger partial charge in [0.2, 0.25) is 0 Å². The summed E-state index contributed by atoms with van der Waals surface area (Å²) in [6.07, 6.45) is 1.96. The van der Waals surface area contributed by atoms with Crippen LogP contribution in [-0.4, -0.2) is 58.0 Å². The maximum atomic E-state index is 13.0. The molecule has 2 amide bonds. The molecule has 0 saturated carbocycles. The Labute approximate surface area is 151 Å². The number of likely N-dealkylation sites (tertiary alicyclic amines) is 1. The number of imidazole rings is 1. The van der Waals surface area contributed by atoms with Crippen molar-refractivity contribution in [2.24, 2.45) is 5.92 Å². The molecule has 3 heterocycles. The molecule has 2 aromatic heterocycles. The molecule has 0 aromatic carbocycles. The molecule has 0 radical (unpaired) electrons. The number of carbonyl (C=O) groups is 1. The molecule has 8 heteroatoms. The second-order valence-corrected chi connectivity index (χ2v) is 7.01. The van der Waals surface area contributed by atoms with Crippen molar-refractivity contribution in [3.05, 3.63) is 35.0 Å². The van der Waals surface area contributed by atoms with Crippen LogP contribution in [0.1, 0.15) is 25.0 Å². The number of amides is 2. The van der Waals surface area contributed by atoms with E-state index in [0.29, 0.717) is 29.8 Å². The number of urea groups is 1. The third kappa shape index (κ3) is 3.61. The van der Waals surface area contributed by atoms with Gasteiger partial charge in [0.05, 0.1) is 11.9 Å². The molecular formula is C17H21ClFN5O. The zero-order chi connectivity index (χ0) is 18.1. The monoisotopic (exact) mass is 365 g/mol. The number of hydrogen-bond donors (Lipinski definition) is 1. The van der Waals surface area contributed by atoms with Gasteiger partial charge in [0.1, 0.15) is 11.5 Å². The third-order valence-corrected chi connectivity index (χ3v) is 4.87. The highest BCUT2D eigenvalue weighted by Gasteiger charge is 2.33. The molecule has 25 heavy (non-hydrogen) atoms. The van der Waals surface area contributed by atoms with Crippen molar-refractivity contribution < 1.29 is 9.18 Å². The first-order chi connectivity index (χ1) is 11.9. The number of pyridine rings is 1. The number of carbonyl (C=O) groups excluding carboxylic acids is 1. The van der Waals surface area contributed by atoms with Crippen molar-refractivity contribution in [3.8, 4) is 11.5 Å². The highest BCUT2D eigenvalue weighted by atomic mass is 35.5. The Balaban J connectivity index is 1.79. The average molecular weight is 366 g/mol. The molecule has 1 saturated heterocycles. The molecule has 134 valence electrons. The van der Waals surface area contributed by atoms with Gasteiger partial charge < -0.3 is 14.8 Å². The molecular weight excluding hydrogens is 345 g/mol. The van der Waals surface area contributed by atoms with Gasteiger partial charge in [-0.05, 0) is 24.5 Å². The van der Waals surface area contributed by atoms with Gasteiger partial charge in [-0.25, -0.2) is 19.2 Å². The molecule has 1 aliphatic rings. The van der Waals surface area contributed by atoms with Crippen LogP contribution in [0, 0.1) is 11.7 Å². The van der Waals surface area contributed by atoms with Gasteiger partial charge in [0, 0.05) is 33.1 Å². The molecule has 0 spiro atoms. The first-order valence-electron chi connectivity index (χ1n) is 8.20. The maximum Gasteiger partial charge on any atom is 0.319 e. The summed E-state index contributed by atoms with van der Waals surface area (Å²) < 4.78 is 13.0. The summed E-state index contributed by atoms with van der Waals surface area (Å²) in [5.74, 6) is 0.553. The van der Waals surface area contributed by atoms with E-state index >= 15 is 0 Å². The Bertz CT molecular complexity index is 761. The minimum atomic E-state index is -0.395. The van der Waals surface area contributed by atoms with Crippen LogP contribution in [0.5, 0.6) is 0 Å². The van der Waals surface area contributed by atoms with Gasteiger partial charge in [-0.15, -0.1) is 0 Å². The molecule has 6 nitrogen and oxygen atoms in total. The lowest BCUT2D eigenvalue weighted by Gasteiger charge is -2.37. The summed E-state index contributed by atoms with van der Waals surface area (Å²) in [7, 11) is 3.51. The number of aromatic nitrogens is 3. The van der Waals surface area contributed by atoms with Crippen LogP contribution < -0.4 is 0 Å². The van der Waals surface area contributed by atoms with Crippen LogP contribution in [0.25, 0.3) is 11.5 Å². The molecule has 0 unspecified atom stereocenters. The van der Waals surface area contributed by atoms with E-state index in [2.05, 4.69) is 21.9 Å². The van der Waals surface area contributed by atoms with Crippen molar-refractivity contribution in [1.82, 2.24) is 24.8 Å². The number of aromatic amines is 1. The highest BCUT2D eigenvalue weighted by molar-refractivity contribution is 6.30. The molecule has 2 atom stereocenters. The largest absolute Gasteiger partial charge is 0.339 e. The van der Waals surface area contributed by atoms with E-state index in [-0.39, 0.29) is 17.9 Å². The number of piperidine rings is 1. The molecule has 1 fully saturated rings. The van der Waals surface area contributed by atoms with Gasteiger partial charge >= 0.3 is 6.03 Å². The highest BCUT2D eigenvalue weighted by Crippen LogP contribution is 2.36. The average Bonchev–Trinajstić information content (AvgIpc) is 2.96. The zero-order valence-electron chi connectivity index (χ0n) is 14.5. The van der Waals surface area contributed by atoms with Crippen LogP contribution >= 0.6 is 11.6 Å². The van der Waals surface area contributed by atoms with Crippen LogP contribution in [0.4, 0.5) is 9.18 Å². The van der Waals surface area contributed by atoms with E-state index in [9.17, 15) is 9.18 Å². The second-order valence-electron chi connectivity index (χ2n) is 6.65. The first kappa shape index (κ1) is 17.7. The minimum Gasteiger partial charge on any atom is -0.339 e. The first-order valence-corrected chi connectivity index (χ1v) is 8.58. The number of hydrogen-bond acceptors (Lipinski definition) is 3. The molecule has 0 aliphatic carbocycles. The molecule has 0 bridgehead atoms. The van der Waals surface area contributed by atoms with Gasteiger partial charge in [-0.2, -0.15) is 0 Å². The SMILES string of the molecule is C[C@H]1CN(C(=O)N(C)C)CC[C@H]1c1[nH]c(-c2ccc(F)cn2)nc1Cl. The van der Waals surface area contributed by atoms with E-state index in [1.165, 1.54) is 6.07 Å². The topological polar surface area (TPSA) is 65.1 Å². The molecule has 1 N–H and O–H groups in total. The van der Waals surface area contributed by atoms with Crippen LogP contribution in [0.15, 0.2) is 18.3 Å². The third-order valence-electron chi connectivity index (χ3n) is 4.58. The van der Waals surface area contributed by atoms with Gasteiger partial charge in [-0.3, -0.25) is 0 Å². The lowest BCUT2D eigenvalue weighted by Crippen LogP contribution is -2.46. The fourth-order valence-electron chi connectivity index (χ4n) is 3.28. The van der Waals surface area contributed by atoms with Crippen molar-refractivity contribution in [2.45, 2.75) is 19.3 Å². The Kier molecular flexibility index (Phi) is 4.94. The summed E-state index contributed by atoms with van der Waals surface area (Å²) in [6.45, 7) is 3.44. The summed E-state index contributed by atoms with van der Waals surface area (Å²) in [5.41, 5.74) is 1.40. The summed E-state index contributed by atoms with van der Waals surface area (Å²) in [4.78, 5) is 27.2.